The Bertz CT molecular complexity index is 1050. The van der Waals surface area contributed by atoms with E-state index in [0.717, 1.165) is 16.8 Å². The van der Waals surface area contributed by atoms with Crippen molar-refractivity contribution in [1.29, 1.82) is 0 Å². The number of rotatable bonds is 5. The minimum atomic E-state index is -0.417. The topological polar surface area (TPSA) is 67.4 Å². The third-order valence-electron chi connectivity index (χ3n) is 4.03. The Hall–Kier alpha value is -4.04. The molecule has 0 fully saturated rings. The number of amides is 1. The molecule has 5 nitrogen and oxygen atoms in total. The zero-order chi connectivity index (χ0) is 20.5. The monoisotopic (exact) mass is 384 g/mol. The Balaban J connectivity index is 1.55. The molecule has 0 heterocycles. The summed E-state index contributed by atoms with van der Waals surface area (Å²) in [6.45, 7) is 0.105. The van der Waals surface area contributed by atoms with Crippen molar-refractivity contribution in [2.45, 2.75) is 0 Å². The lowest BCUT2D eigenvalue weighted by molar-refractivity contribution is -0.114. The van der Waals surface area contributed by atoms with Crippen LogP contribution in [0.15, 0.2) is 78.9 Å². The third kappa shape index (κ3) is 5.98. The fourth-order valence-corrected chi connectivity index (χ4v) is 2.57. The average Bonchev–Trinajstić information content (AvgIpc) is 2.77. The molecule has 2 N–H and O–H groups in total. The quantitative estimate of drug-likeness (QED) is 0.517. The van der Waals surface area contributed by atoms with Crippen molar-refractivity contribution in [3.63, 3.8) is 0 Å². The van der Waals surface area contributed by atoms with Crippen LogP contribution in [-0.2, 0) is 9.53 Å². The van der Waals surface area contributed by atoms with Crippen LogP contribution in [0, 0.1) is 11.8 Å². The van der Waals surface area contributed by atoms with E-state index in [9.17, 15) is 9.59 Å². The van der Waals surface area contributed by atoms with Crippen LogP contribution in [0.2, 0.25) is 0 Å². The first-order valence-corrected chi connectivity index (χ1v) is 9.03. The first-order chi connectivity index (χ1) is 14.1. The van der Waals surface area contributed by atoms with Gasteiger partial charge in [0.2, 0.25) is 5.91 Å². The number of hydrogen-bond acceptors (Lipinski definition) is 4. The molecule has 0 aliphatic heterocycles. The third-order valence-corrected chi connectivity index (χ3v) is 4.03. The molecule has 0 aromatic heterocycles. The highest BCUT2D eigenvalue weighted by Crippen LogP contribution is 2.12. The van der Waals surface area contributed by atoms with E-state index in [2.05, 4.69) is 27.2 Å². The smallest absolute Gasteiger partial charge is 0.337 e. The summed E-state index contributed by atoms with van der Waals surface area (Å²) in [5.41, 5.74) is 3.64. The van der Waals surface area contributed by atoms with Crippen LogP contribution in [-0.4, -0.2) is 25.5 Å². The van der Waals surface area contributed by atoms with Gasteiger partial charge in [0.25, 0.3) is 0 Å². The van der Waals surface area contributed by atoms with Crippen molar-refractivity contribution >= 4 is 23.3 Å². The molecule has 5 heteroatoms. The van der Waals surface area contributed by atoms with E-state index in [0.29, 0.717) is 11.3 Å². The van der Waals surface area contributed by atoms with Crippen LogP contribution in [0.3, 0.4) is 0 Å². The number of esters is 1. The molecule has 0 spiro atoms. The molecule has 0 unspecified atom stereocenters. The van der Waals surface area contributed by atoms with E-state index >= 15 is 0 Å². The fraction of sp³-hybridized carbons (Fsp3) is 0.0833. The number of ether oxygens (including phenoxy) is 1. The zero-order valence-electron chi connectivity index (χ0n) is 15.9. The number of benzene rings is 3. The maximum atomic E-state index is 12.2. The van der Waals surface area contributed by atoms with Crippen molar-refractivity contribution in [1.82, 2.24) is 0 Å². The van der Waals surface area contributed by atoms with Crippen molar-refractivity contribution in [2.75, 3.05) is 24.3 Å². The average molecular weight is 384 g/mol. The SMILES string of the molecule is COC(=O)c1ccc(NC(=O)CNc2cccc(C#Cc3ccccc3)c2)cc1. The maximum absolute atomic E-state index is 12.2. The second-order valence-electron chi connectivity index (χ2n) is 6.17. The van der Waals surface area contributed by atoms with Gasteiger partial charge in [-0.25, -0.2) is 4.79 Å². The lowest BCUT2D eigenvalue weighted by Crippen LogP contribution is -2.21. The summed E-state index contributed by atoms with van der Waals surface area (Å²) in [6, 6.07) is 23.9. The van der Waals surface area contributed by atoms with Crippen LogP contribution < -0.4 is 10.6 Å². The number of carbonyl (C=O) groups is 2. The normalized spacial score (nSPS) is 9.69. The number of hydrogen-bond donors (Lipinski definition) is 2. The summed E-state index contributed by atoms with van der Waals surface area (Å²) < 4.78 is 4.65. The zero-order valence-corrected chi connectivity index (χ0v) is 15.9. The lowest BCUT2D eigenvalue weighted by atomic mass is 10.1. The Labute approximate surface area is 169 Å². The molecule has 144 valence electrons. The Morgan fingerprint density at radius 3 is 2.24 bits per heavy atom. The van der Waals surface area contributed by atoms with Gasteiger partial charge in [0.05, 0.1) is 19.2 Å². The van der Waals surface area contributed by atoms with E-state index in [1.807, 2.05) is 54.6 Å². The van der Waals surface area contributed by atoms with Crippen LogP contribution >= 0.6 is 0 Å². The highest BCUT2D eigenvalue weighted by atomic mass is 16.5. The predicted molar refractivity (Wildman–Crippen MR) is 114 cm³/mol. The molecule has 3 aromatic rings. The van der Waals surface area contributed by atoms with Crippen molar-refractivity contribution in [3.8, 4) is 11.8 Å². The molecule has 3 rings (SSSR count). The second kappa shape index (κ2) is 9.77. The molecule has 0 atom stereocenters. The van der Waals surface area contributed by atoms with Gasteiger partial charge in [-0.05, 0) is 54.6 Å². The van der Waals surface area contributed by atoms with Crippen LogP contribution in [0.1, 0.15) is 21.5 Å². The van der Waals surface area contributed by atoms with Gasteiger partial charge in [-0.2, -0.15) is 0 Å². The van der Waals surface area contributed by atoms with E-state index in [-0.39, 0.29) is 12.5 Å². The van der Waals surface area contributed by atoms with Gasteiger partial charge >= 0.3 is 5.97 Å². The second-order valence-corrected chi connectivity index (χ2v) is 6.17. The summed E-state index contributed by atoms with van der Waals surface area (Å²) >= 11 is 0. The number of nitrogens with one attached hydrogen (secondary N) is 2. The van der Waals surface area contributed by atoms with E-state index < -0.39 is 5.97 Å². The van der Waals surface area contributed by atoms with E-state index in [4.69, 9.17) is 0 Å². The van der Waals surface area contributed by atoms with Gasteiger partial charge in [0.1, 0.15) is 0 Å². The minimum absolute atomic E-state index is 0.105. The maximum Gasteiger partial charge on any atom is 0.337 e. The number of anilines is 2. The van der Waals surface area contributed by atoms with E-state index in [1.165, 1.54) is 7.11 Å². The van der Waals surface area contributed by atoms with Crippen molar-refractivity contribution in [2.24, 2.45) is 0 Å². The molecule has 1 amide bonds. The highest BCUT2D eigenvalue weighted by Gasteiger charge is 2.06. The number of methoxy groups -OCH3 is 1. The number of carbonyl (C=O) groups excluding carboxylic acids is 2. The molecular formula is C24H20N2O3. The van der Waals surface area contributed by atoms with Gasteiger partial charge in [-0.3, -0.25) is 4.79 Å². The van der Waals surface area contributed by atoms with E-state index in [1.54, 1.807) is 24.3 Å². The molecule has 0 saturated carbocycles. The summed E-state index contributed by atoms with van der Waals surface area (Å²) in [6.07, 6.45) is 0. The molecule has 0 saturated heterocycles. The fourth-order valence-electron chi connectivity index (χ4n) is 2.57. The summed E-state index contributed by atoms with van der Waals surface area (Å²) in [4.78, 5) is 23.6. The largest absolute Gasteiger partial charge is 0.465 e. The van der Waals surface area contributed by atoms with Crippen molar-refractivity contribution < 1.29 is 14.3 Å². The van der Waals surface area contributed by atoms with Crippen LogP contribution in [0.25, 0.3) is 0 Å². The highest BCUT2D eigenvalue weighted by molar-refractivity contribution is 5.95. The van der Waals surface area contributed by atoms with Gasteiger partial charge < -0.3 is 15.4 Å². The Morgan fingerprint density at radius 2 is 1.52 bits per heavy atom. The molecular weight excluding hydrogens is 364 g/mol. The first-order valence-electron chi connectivity index (χ1n) is 9.03. The van der Waals surface area contributed by atoms with Gasteiger partial charge in [-0.1, -0.05) is 36.1 Å². The molecule has 0 radical (unpaired) electrons. The van der Waals surface area contributed by atoms with Crippen LogP contribution in [0.5, 0.6) is 0 Å². The molecule has 0 aliphatic rings. The molecule has 0 aliphatic carbocycles. The summed E-state index contributed by atoms with van der Waals surface area (Å²) in [5, 5.41) is 5.86. The molecule has 29 heavy (non-hydrogen) atoms. The molecule has 0 bridgehead atoms. The van der Waals surface area contributed by atoms with Crippen molar-refractivity contribution in [3.05, 3.63) is 95.6 Å². The first kappa shape index (κ1) is 19.7. The van der Waals surface area contributed by atoms with Gasteiger partial charge in [0, 0.05) is 22.5 Å². The van der Waals surface area contributed by atoms with Crippen LogP contribution in [0.4, 0.5) is 11.4 Å². The predicted octanol–water partition coefficient (Wildman–Crippen LogP) is 3.92. The summed E-state index contributed by atoms with van der Waals surface area (Å²) in [7, 11) is 1.33. The Morgan fingerprint density at radius 1 is 0.828 bits per heavy atom. The summed E-state index contributed by atoms with van der Waals surface area (Å²) in [5.74, 6) is 5.62. The Kier molecular flexibility index (Phi) is 6.64. The standard InChI is InChI=1S/C24H20N2O3/c1-29-24(28)20-12-14-21(15-13-20)26-23(27)17-25-22-9-5-8-19(16-22)11-10-18-6-3-2-4-7-18/h2-9,12-16,25H,17H2,1H3,(H,26,27). The minimum Gasteiger partial charge on any atom is -0.465 e. The lowest BCUT2D eigenvalue weighted by Gasteiger charge is -2.08. The van der Waals surface area contributed by atoms with Gasteiger partial charge in [-0.15, -0.1) is 0 Å². The molecule has 3 aromatic carbocycles. The van der Waals surface area contributed by atoms with Gasteiger partial charge in [0.15, 0.2) is 0 Å².